The maximum Gasteiger partial charge on any atom is 0.394 e. The van der Waals surface area contributed by atoms with Gasteiger partial charge in [-0.05, 0) is 377 Å². The van der Waals surface area contributed by atoms with Gasteiger partial charge in [0.05, 0.1) is 5.41 Å². The number of hydrogen-bond donors (Lipinski definition) is 0. The Morgan fingerprint density at radius 3 is 0.630 bits per heavy atom. The molecule has 16 aromatic rings. The van der Waals surface area contributed by atoms with Crippen LogP contribution in [0.4, 0.5) is 13.2 Å². The summed E-state index contributed by atoms with van der Waals surface area (Å²) in [5.74, 6) is 1.43. The summed E-state index contributed by atoms with van der Waals surface area (Å²) in [6.07, 6.45) is -0.757. The smallest absolute Gasteiger partial charge is 0.171 e. The number of rotatable bonds is 15. The largest absolute Gasteiger partial charge is 0.394 e. The number of hydrogen-bond acceptors (Lipinski definition) is 0. The molecule has 0 nitrogen and oxygen atoms in total. The molecule has 16 aromatic carbocycles. The van der Waals surface area contributed by atoms with Gasteiger partial charge in [0.15, 0.2) is 0 Å². The second-order valence-corrected chi connectivity index (χ2v) is 41.6. The van der Waals surface area contributed by atoms with Crippen molar-refractivity contribution in [2.24, 2.45) is 22.7 Å². The maximum absolute atomic E-state index is 13.0. The molecule has 0 spiro atoms. The fourth-order valence-electron chi connectivity index (χ4n) is 17.3. The van der Waals surface area contributed by atoms with Crippen molar-refractivity contribution >= 4 is 0 Å². The van der Waals surface area contributed by atoms with Crippen LogP contribution in [-0.2, 0) is 25.7 Å². The molecule has 0 amide bonds. The van der Waals surface area contributed by atoms with E-state index in [0.717, 1.165) is 47.4 Å². The highest BCUT2D eigenvalue weighted by Gasteiger charge is 2.47. The van der Waals surface area contributed by atoms with E-state index in [1.165, 1.54) is 220 Å². The molecule has 0 aliphatic carbocycles. The van der Waals surface area contributed by atoms with Crippen LogP contribution in [-0.4, -0.2) is 6.18 Å². The van der Waals surface area contributed by atoms with Crippen molar-refractivity contribution in [2.75, 3.05) is 0 Å². The molecule has 0 saturated carbocycles. The summed E-state index contributed by atoms with van der Waals surface area (Å²) in [5, 5.41) is 0. The fourth-order valence-corrected chi connectivity index (χ4v) is 17.3. The summed E-state index contributed by atoms with van der Waals surface area (Å²) in [4.78, 5) is 0. The van der Waals surface area contributed by atoms with Crippen molar-refractivity contribution < 1.29 is 13.2 Å². The third kappa shape index (κ3) is 33.3. The molecular formula is C135H155F3. The van der Waals surface area contributed by atoms with Crippen LogP contribution < -0.4 is 0 Å². The van der Waals surface area contributed by atoms with Crippen molar-refractivity contribution in [3.05, 3.63) is 473 Å². The minimum atomic E-state index is -4.20. The lowest BCUT2D eigenvalue weighted by molar-refractivity contribution is -0.211. The van der Waals surface area contributed by atoms with E-state index in [2.05, 4.69) is 471 Å². The third-order valence-electron chi connectivity index (χ3n) is 25.9. The summed E-state index contributed by atoms with van der Waals surface area (Å²) >= 11 is 0. The zero-order chi connectivity index (χ0) is 101. The van der Waals surface area contributed by atoms with Gasteiger partial charge in [0.2, 0.25) is 0 Å². The highest BCUT2D eigenvalue weighted by molar-refractivity contribution is 5.75. The highest BCUT2D eigenvalue weighted by Crippen LogP contribution is 2.42. The van der Waals surface area contributed by atoms with Gasteiger partial charge < -0.3 is 0 Å². The molecule has 0 aliphatic heterocycles. The second-order valence-electron chi connectivity index (χ2n) is 41.6. The van der Waals surface area contributed by atoms with E-state index in [0.29, 0.717) is 11.3 Å². The molecule has 138 heavy (non-hydrogen) atoms. The van der Waals surface area contributed by atoms with Crippen LogP contribution in [0, 0.1) is 168 Å². The van der Waals surface area contributed by atoms with Gasteiger partial charge in [0, 0.05) is 0 Å². The molecule has 0 atom stereocenters. The van der Waals surface area contributed by atoms with E-state index >= 15 is 0 Å². The zero-order valence-electron chi connectivity index (χ0n) is 88.9. The predicted octanol–water partition coefficient (Wildman–Crippen LogP) is 39.4. The first-order valence-corrected chi connectivity index (χ1v) is 49.5. The Labute approximate surface area is 831 Å². The number of aryl methyl sites for hydroxylation is 21. The van der Waals surface area contributed by atoms with E-state index < -0.39 is 11.6 Å². The van der Waals surface area contributed by atoms with Gasteiger partial charge in [-0.15, -0.1) is 0 Å². The Balaban J connectivity index is 0.000000177. The lowest BCUT2D eigenvalue weighted by atomic mass is 9.84. The molecule has 0 bridgehead atoms. The zero-order valence-corrected chi connectivity index (χ0v) is 88.9. The maximum atomic E-state index is 13.0. The van der Waals surface area contributed by atoms with Crippen LogP contribution in [0.3, 0.4) is 0 Å². The normalized spacial score (nSPS) is 11.0. The average molecular weight is 1830 g/mol. The average Bonchev–Trinajstić information content (AvgIpc) is 0.804. The van der Waals surface area contributed by atoms with E-state index in [1.54, 1.807) is 6.07 Å². The Bertz CT molecular complexity index is 6610. The number of alkyl halides is 3. The van der Waals surface area contributed by atoms with Gasteiger partial charge in [0.25, 0.3) is 0 Å². The van der Waals surface area contributed by atoms with E-state index in [1.807, 2.05) is 50.2 Å². The first-order valence-electron chi connectivity index (χ1n) is 49.5. The number of benzene rings is 16. The van der Waals surface area contributed by atoms with Gasteiger partial charge in [0.1, 0.15) is 0 Å². The molecule has 0 N–H and O–H groups in total. The van der Waals surface area contributed by atoms with Crippen LogP contribution >= 0.6 is 0 Å². The van der Waals surface area contributed by atoms with Crippen molar-refractivity contribution in [1.82, 2.24) is 0 Å². The molecule has 716 valence electrons. The highest BCUT2D eigenvalue weighted by atomic mass is 19.4. The Hall–Kier alpha value is -12.7. The predicted molar refractivity (Wildman–Crippen MR) is 598 cm³/mol. The molecule has 0 aromatic heterocycles. The Morgan fingerprint density at radius 1 is 0.181 bits per heavy atom. The fraction of sp³-hybridized carbons (Fsp3) is 0.289. The summed E-state index contributed by atoms with van der Waals surface area (Å²) in [6.45, 7) is 63.4. The Morgan fingerprint density at radius 2 is 0.391 bits per heavy atom. The van der Waals surface area contributed by atoms with Crippen molar-refractivity contribution in [2.45, 2.75) is 240 Å². The molecule has 0 unspecified atom stereocenters. The van der Waals surface area contributed by atoms with Gasteiger partial charge >= 0.3 is 6.18 Å². The van der Waals surface area contributed by atoms with Crippen molar-refractivity contribution in [3.63, 3.8) is 0 Å². The lowest BCUT2D eigenvalue weighted by Gasteiger charge is -2.28. The van der Waals surface area contributed by atoms with Gasteiger partial charge in [-0.2, -0.15) is 13.2 Å². The van der Waals surface area contributed by atoms with Crippen LogP contribution in [0.1, 0.15) is 201 Å². The van der Waals surface area contributed by atoms with Crippen LogP contribution in [0.15, 0.2) is 334 Å². The molecule has 3 heteroatoms. The molecular weight excluding hydrogens is 1680 g/mol. The van der Waals surface area contributed by atoms with Crippen LogP contribution in [0.5, 0.6) is 0 Å². The van der Waals surface area contributed by atoms with Crippen LogP contribution in [0.2, 0.25) is 0 Å². The molecule has 0 aliphatic rings. The third-order valence-corrected chi connectivity index (χ3v) is 25.9. The van der Waals surface area contributed by atoms with Crippen molar-refractivity contribution in [3.8, 4) is 89.0 Å². The lowest BCUT2D eigenvalue weighted by Crippen LogP contribution is -2.34. The van der Waals surface area contributed by atoms with Gasteiger partial charge in [-0.25, -0.2) is 0 Å². The Kier molecular flexibility index (Phi) is 39.9. The first-order chi connectivity index (χ1) is 65.2. The van der Waals surface area contributed by atoms with E-state index in [-0.39, 0.29) is 6.42 Å². The quantitative estimate of drug-likeness (QED) is 0.0960. The minimum absolute atomic E-state index is 0.00841. The molecule has 0 radical (unpaired) electrons. The summed E-state index contributed by atoms with van der Waals surface area (Å²) < 4.78 is 39.0. The second kappa shape index (κ2) is 50.6. The molecule has 0 heterocycles. The van der Waals surface area contributed by atoms with Crippen LogP contribution in [0.25, 0.3) is 89.0 Å². The van der Waals surface area contributed by atoms with Gasteiger partial charge in [-0.3, -0.25) is 0 Å². The van der Waals surface area contributed by atoms with E-state index in [4.69, 9.17) is 0 Å². The van der Waals surface area contributed by atoms with Crippen molar-refractivity contribution in [1.29, 1.82) is 0 Å². The topological polar surface area (TPSA) is 0 Å². The summed E-state index contributed by atoms with van der Waals surface area (Å²) in [7, 11) is 0. The summed E-state index contributed by atoms with van der Waals surface area (Å²) in [5.41, 5.74) is 52.1. The SMILES string of the molecule is Cc1ccc(-c2ccc(C)c(C)c2)c(C)c1.Cc1ccc(-c2ccc(C)cc2C)cc1.Cc1ccc(-c2ccc(CC(C)(C)C(F)(F)F)cc2C)cc1.Cc1ccc(-c2ccc(CC(C)(C)C)cc2C)cc1.Cc1ccc(-c2ccc(CC(C)C)cc2C)cc1.Cc1ccc(-c2ccc(CC(C)C)cc2C)cc1C.Cc1ccc(-c2ccccc2C)cc1.Cc1ccc(-c2ccccc2C)cc1C. The molecule has 16 rings (SSSR count). The number of halogens is 3. The molecule has 0 fully saturated rings. The summed E-state index contributed by atoms with van der Waals surface area (Å²) in [6, 6.07) is 120. The van der Waals surface area contributed by atoms with Gasteiger partial charge in [-0.1, -0.05) is 435 Å². The van der Waals surface area contributed by atoms with E-state index in [9.17, 15) is 13.2 Å². The first kappa shape index (κ1) is 109. The minimum Gasteiger partial charge on any atom is -0.171 e. The standard InChI is InChI=1S/C19H21F3.2C19H24.C18H22.C16H18.2C15H16.C14H14/c1-13-5-8-16(9-6-13)17-10-7-15(11-14(17)2)12-18(3,4)19(20,21)22;1-14-6-9-17(10-7-14)18-11-8-16(12-15(18)2)13-19(3,4)5;1-13(2)10-17-7-9-19(16(5)11-17)18-8-6-14(3)15(4)12-18;1-13(2)11-16-7-10-18(15(4)12-16)17-8-5-14(3)6-9-17;1-11-5-8-16(14(4)9-11)15-7-6-12(2)13(3)10-15;1-11-4-7-14(8-5-11)15-9-6-12(2)10-13(15)3;1-11-8-9-14(10-13(11)3)15-7-5-4-6-12(15)2;1-11-7-9-13(10-8-11)14-6-4-3-5-12(14)2/h5-11H,12H2,1-4H3;6-12H,13H2,1-5H3;6-9,11-13H,10H2,1-5H3;5-10,12-13H,11H2,1-4H3;5-10H,1-4H3;2*4-10H,1-3H3;3-10H,1-2H3. The monoisotopic (exact) mass is 1830 g/mol. The molecule has 0 saturated heterocycles.